The molecule has 6 heteroatoms. The third-order valence-electron chi connectivity index (χ3n) is 2.04. The molecule has 0 aliphatic carbocycles. The number of hydrogen-bond donors (Lipinski definition) is 1. The zero-order valence-corrected chi connectivity index (χ0v) is 8.84. The van der Waals surface area contributed by atoms with Crippen LogP contribution in [0.4, 0.5) is 13.2 Å². The van der Waals surface area contributed by atoms with Crippen LogP contribution in [0, 0.1) is 6.92 Å². The van der Waals surface area contributed by atoms with Crippen LogP contribution < -0.4 is 0 Å². The van der Waals surface area contributed by atoms with E-state index in [0.717, 1.165) is 6.07 Å². The molecule has 0 aliphatic rings. The highest BCUT2D eigenvalue weighted by atomic mass is 19.4. The highest BCUT2D eigenvalue weighted by molar-refractivity contribution is 6.05. The van der Waals surface area contributed by atoms with Crippen LogP contribution in [0.25, 0.3) is 0 Å². The van der Waals surface area contributed by atoms with E-state index >= 15 is 0 Å². The summed E-state index contributed by atoms with van der Waals surface area (Å²) >= 11 is 0. The maximum absolute atomic E-state index is 12.4. The molecule has 0 saturated carbocycles. The van der Waals surface area contributed by atoms with Gasteiger partial charge in [-0.2, -0.15) is 13.2 Å². The van der Waals surface area contributed by atoms with E-state index in [1.165, 1.54) is 13.0 Å². The summed E-state index contributed by atoms with van der Waals surface area (Å²) in [4.78, 5) is 21.6. The van der Waals surface area contributed by atoms with Gasteiger partial charge in [0.1, 0.15) is 6.42 Å². The van der Waals surface area contributed by atoms with Crippen molar-refractivity contribution in [2.45, 2.75) is 19.5 Å². The van der Waals surface area contributed by atoms with Gasteiger partial charge in [-0.3, -0.25) is 9.59 Å². The van der Waals surface area contributed by atoms with Crippen molar-refractivity contribution in [2.24, 2.45) is 0 Å². The minimum absolute atomic E-state index is 0.236. The molecular formula is C11H9F3O3. The molecule has 0 aliphatic heterocycles. The van der Waals surface area contributed by atoms with Gasteiger partial charge in [0.15, 0.2) is 5.78 Å². The Labute approximate surface area is 94.9 Å². The number of aryl methyl sites for hydroxylation is 1. The number of hydrogen-bond acceptors (Lipinski definition) is 2. The molecule has 1 rings (SSSR count). The summed E-state index contributed by atoms with van der Waals surface area (Å²) < 4.78 is 37.3. The molecule has 17 heavy (non-hydrogen) atoms. The summed E-state index contributed by atoms with van der Waals surface area (Å²) in [7, 11) is 0. The lowest BCUT2D eigenvalue weighted by atomic mass is 10.0. The van der Waals surface area contributed by atoms with Crippen molar-refractivity contribution in [3.05, 3.63) is 34.9 Å². The summed E-state index contributed by atoms with van der Waals surface area (Å²) in [5, 5.41) is 8.40. The van der Waals surface area contributed by atoms with Gasteiger partial charge >= 0.3 is 12.1 Å². The Bertz CT molecular complexity index is 464. The molecule has 1 N–H and O–H groups in total. The number of carboxylic acids is 1. The van der Waals surface area contributed by atoms with Crippen molar-refractivity contribution in [1.29, 1.82) is 0 Å². The number of carbonyl (C=O) groups is 2. The normalized spacial score (nSPS) is 11.3. The molecule has 0 spiro atoms. The lowest BCUT2D eigenvalue weighted by Gasteiger charge is -2.09. The van der Waals surface area contributed by atoms with E-state index in [0.29, 0.717) is 6.07 Å². The number of Topliss-reactive ketones (excluding diaryl/α,β-unsaturated/α-hetero) is 1. The molecule has 0 saturated heterocycles. The minimum atomic E-state index is -4.55. The Morgan fingerprint density at radius 2 is 1.82 bits per heavy atom. The maximum atomic E-state index is 12.4. The summed E-state index contributed by atoms with van der Waals surface area (Å²) in [6.45, 7) is 1.41. The van der Waals surface area contributed by atoms with Crippen LogP contribution in [-0.2, 0) is 11.0 Å². The van der Waals surface area contributed by atoms with E-state index in [4.69, 9.17) is 5.11 Å². The van der Waals surface area contributed by atoms with E-state index in [1.807, 2.05) is 0 Å². The first kappa shape index (κ1) is 13.2. The zero-order chi connectivity index (χ0) is 13.2. The van der Waals surface area contributed by atoms with E-state index in [9.17, 15) is 22.8 Å². The number of ketones is 1. The Hall–Kier alpha value is -1.85. The fourth-order valence-electron chi connectivity index (χ4n) is 1.35. The second kappa shape index (κ2) is 4.57. The van der Waals surface area contributed by atoms with Crippen LogP contribution in [-0.4, -0.2) is 16.9 Å². The number of benzene rings is 1. The fourth-order valence-corrected chi connectivity index (χ4v) is 1.35. The molecule has 0 fully saturated rings. The van der Waals surface area contributed by atoms with Gasteiger partial charge in [-0.25, -0.2) is 0 Å². The standard InChI is InChI=1S/C11H9F3O3/c1-6-2-7(9(15)5-10(16)17)4-8(3-6)11(12,13)14/h2-4H,5H2,1H3,(H,16,17). The second-order valence-electron chi connectivity index (χ2n) is 3.58. The van der Waals surface area contributed by atoms with Gasteiger partial charge in [-0.15, -0.1) is 0 Å². The third kappa shape index (κ3) is 3.58. The lowest BCUT2D eigenvalue weighted by Crippen LogP contribution is -2.11. The fraction of sp³-hybridized carbons (Fsp3) is 0.273. The molecule has 0 amide bonds. The van der Waals surface area contributed by atoms with Crippen molar-refractivity contribution in [2.75, 3.05) is 0 Å². The largest absolute Gasteiger partial charge is 0.481 e. The van der Waals surface area contributed by atoms with Gasteiger partial charge in [-0.1, -0.05) is 0 Å². The van der Waals surface area contributed by atoms with Gasteiger partial charge in [0.25, 0.3) is 0 Å². The predicted octanol–water partition coefficient (Wildman–Crippen LogP) is 2.67. The van der Waals surface area contributed by atoms with Crippen LogP contribution >= 0.6 is 0 Å². The quantitative estimate of drug-likeness (QED) is 0.659. The van der Waals surface area contributed by atoms with E-state index in [2.05, 4.69) is 0 Å². The number of halogens is 3. The molecule has 0 atom stereocenters. The Morgan fingerprint density at radius 3 is 2.29 bits per heavy atom. The summed E-state index contributed by atoms with van der Waals surface area (Å²) in [6.07, 6.45) is -5.37. The topological polar surface area (TPSA) is 54.4 Å². The first-order valence-electron chi connectivity index (χ1n) is 4.64. The van der Waals surface area contributed by atoms with Gasteiger partial charge in [0.05, 0.1) is 5.56 Å². The highest BCUT2D eigenvalue weighted by Gasteiger charge is 2.31. The molecular weight excluding hydrogens is 237 g/mol. The Balaban J connectivity index is 3.14. The summed E-state index contributed by atoms with van der Waals surface area (Å²) in [6, 6.07) is 2.80. The number of carbonyl (C=O) groups excluding carboxylic acids is 1. The molecule has 0 heterocycles. The van der Waals surface area contributed by atoms with Crippen molar-refractivity contribution in [1.82, 2.24) is 0 Å². The SMILES string of the molecule is Cc1cc(C(=O)CC(=O)O)cc(C(F)(F)F)c1. The van der Waals surface area contributed by atoms with Crippen LogP contribution in [0.2, 0.25) is 0 Å². The number of aliphatic carboxylic acids is 1. The second-order valence-corrected chi connectivity index (χ2v) is 3.58. The van der Waals surface area contributed by atoms with E-state index in [1.54, 1.807) is 0 Å². The monoisotopic (exact) mass is 246 g/mol. The minimum Gasteiger partial charge on any atom is -0.481 e. The van der Waals surface area contributed by atoms with Crippen LogP contribution in [0.3, 0.4) is 0 Å². The van der Waals surface area contributed by atoms with Gasteiger partial charge in [0, 0.05) is 5.56 Å². The molecule has 1 aromatic carbocycles. The van der Waals surface area contributed by atoms with Gasteiger partial charge in [0.2, 0.25) is 0 Å². The van der Waals surface area contributed by atoms with E-state index in [-0.39, 0.29) is 11.1 Å². The predicted molar refractivity (Wildman–Crippen MR) is 52.8 cm³/mol. The molecule has 0 radical (unpaired) electrons. The third-order valence-corrected chi connectivity index (χ3v) is 2.04. The number of alkyl halides is 3. The number of rotatable bonds is 3. The van der Waals surface area contributed by atoms with Crippen molar-refractivity contribution in [3.63, 3.8) is 0 Å². The molecule has 0 unspecified atom stereocenters. The van der Waals surface area contributed by atoms with Crippen molar-refractivity contribution in [3.8, 4) is 0 Å². The van der Waals surface area contributed by atoms with Gasteiger partial charge in [-0.05, 0) is 30.7 Å². The average molecular weight is 246 g/mol. The zero-order valence-electron chi connectivity index (χ0n) is 8.84. The lowest BCUT2D eigenvalue weighted by molar-refractivity contribution is -0.137. The molecule has 92 valence electrons. The smallest absolute Gasteiger partial charge is 0.416 e. The van der Waals surface area contributed by atoms with Crippen LogP contribution in [0.1, 0.15) is 27.9 Å². The number of carboxylic acid groups (broad SMARTS) is 1. The van der Waals surface area contributed by atoms with Crippen molar-refractivity contribution >= 4 is 11.8 Å². The molecule has 0 bridgehead atoms. The van der Waals surface area contributed by atoms with Gasteiger partial charge < -0.3 is 5.11 Å². The molecule has 3 nitrogen and oxygen atoms in total. The van der Waals surface area contributed by atoms with Crippen molar-refractivity contribution < 1.29 is 27.9 Å². The average Bonchev–Trinajstić information content (AvgIpc) is 2.14. The first-order chi connectivity index (χ1) is 7.70. The Kier molecular flexibility index (Phi) is 3.55. The van der Waals surface area contributed by atoms with Crippen LogP contribution in [0.15, 0.2) is 18.2 Å². The molecule has 1 aromatic rings. The van der Waals surface area contributed by atoms with Crippen LogP contribution in [0.5, 0.6) is 0 Å². The highest BCUT2D eigenvalue weighted by Crippen LogP contribution is 2.30. The van der Waals surface area contributed by atoms with E-state index < -0.39 is 29.9 Å². The molecule has 0 aromatic heterocycles. The maximum Gasteiger partial charge on any atom is 0.416 e. The Morgan fingerprint density at radius 1 is 1.24 bits per heavy atom. The first-order valence-corrected chi connectivity index (χ1v) is 4.64. The summed E-state index contributed by atoms with van der Waals surface area (Å²) in [5.74, 6) is -2.21. The summed E-state index contributed by atoms with van der Waals surface area (Å²) in [5.41, 5.74) is -0.931.